The van der Waals surface area contributed by atoms with Crippen molar-refractivity contribution in [2.45, 2.75) is 32.9 Å². The van der Waals surface area contributed by atoms with Crippen molar-refractivity contribution in [2.75, 3.05) is 13.2 Å². The highest BCUT2D eigenvalue weighted by Crippen LogP contribution is 2.16. The lowest BCUT2D eigenvalue weighted by atomic mass is 10.1. The molecule has 0 saturated carbocycles. The molecule has 0 fully saturated rings. The van der Waals surface area contributed by atoms with Crippen molar-refractivity contribution >= 4 is 10.9 Å². The minimum absolute atomic E-state index is 0.544. The molecular weight excluding hydrogens is 236 g/mol. The molecule has 102 valence electrons. The third kappa shape index (κ3) is 4.30. The molecule has 0 radical (unpaired) electrons. The highest BCUT2D eigenvalue weighted by Gasteiger charge is 2.01. The summed E-state index contributed by atoms with van der Waals surface area (Å²) in [6, 6.07) is 10.8. The standard InChI is InChI=1S/C16H22N2O/c1-13(2)17-10-5-11-19-12-15-7-3-6-14-8-4-9-18-16(14)15/h3-4,6-9,13,17H,5,10-12H2,1-2H3. The molecular formula is C16H22N2O. The van der Waals surface area contributed by atoms with Gasteiger partial charge < -0.3 is 10.1 Å². The van der Waals surface area contributed by atoms with Crippen LogP contribution in [0.1, 0.15) is 25.8 Å². The number of rotatable bonds is 7. The van der Waals surface area contributed by atoms with Gasteiger partial charge in [-0.05, 0) is 19.0 Å². The Kier molecular flexibility index (Phi) is 5.31. The average molecular weight is 258 g/mol. The molecule has 0 amide bonds. The zero-order chi connectivity index (χ0) is 13.5. The number of benzene rings is 1. The van der Waals surface area contributed by atoms with Gasteiger partial charge in [-0.3, -0.25) is 4.98 Å². The summed E-state index contributed by atoms with van der Waals surface area (Å²) in [6.07, 6.45) is 2.87. The summed E-state index contributed by atoms with van der Waals surface area (Å²) in [5.41, 5.74) is 2.21. The molecule has 19 heavy (non-hydrogen) atoms. The fourth-order valence-electron chi connectivity index (χ4n) is 2.03. The van der Waals surface area contributed by atoms with E-state index in [0.717, 1.165) is 30.7 Å². The first-order valence-corrected chi connectivity index (χ1v) is 6.91. The molecule has 0 saturated heterocycles. The Morgan fingerprint density at radius 1 is 1.21 bits per heavy atom. The number of hydrogen-bond acceptors (Lipinski definition) is 3. The summed E-state index contributed by atoms with van der Waals surface area (Å²) in [7, 11) is 0. The van der Waals surface area contributed by atoms with E-state index in [1.165, 1.54) is 5.39 Å². The Bertz CT molecular complexity index is 506. The van der Waals surface area contributed by atoms with Gasteiger partial charge in [0.15, 0.2) is 0 Å². The maximum Gasteiger partial charge on any atom is 0.0757 e. The van der Waals surface area contributed by atoms with Crippen LogP contribution in [0.3, 0.4) is 0 Å². The van der Waals surface area contributed by atoms with Crippen LogP contribution in [0.25, 0.3) is 10.9 Å². The van der Waals surface area contributed by atoms with E-state index in [0.29, 0.717) is 12.6 Å². The van der Waals surface area contributed by atoms with E-state index < -0.39 is 0 Å². The van der Waals surface area contributed by atoms with E-state index in [2.05, 4.69) is 48.4 Å². The van der Waals surface area contributed by atoms with Crippen LogP contribution in [-0.2, 0) is 11.3 Å². The second-order valence-electron chi connectivity index (χ2n) is 5.01. The number of para-hydroxylation sites is 1. The average Bonchev–Trinajstić information content (AvgIpc) is 2.42. The lowest BCUT2D eigenvalue weighted by Gasteiger charge is -2.09. The smallest absolute Gasteiger partial charge is 0.0757 e. The van der Waals surface area contributed by atoms with Crippen LogP contribution >= 0.6 is 0 Å². The van der Waals surface area contributed by atoms with Crippen LogP contribution in [0, 0.1) is 0 Å². The molecule has 2 aromatic rings. The number of pyridine rings is 1. The zero-order valence-electron chi connectivity index (χ0n) is 11.7. The fraction of sp³-hybridized carbons (Fsp3) is 0.438. The van der Waals surface area contributed by atoms with Gasteiger partial charge in [-0.2, -0.15) is 0 Å². The van der Waals surface area contributed by atoms with Gasteiger partial charge in [0.2, 0.25) is 0 Å². The quantitative estimate of drug-likeness (QED) is 0.775. The van der Waals surface area contributed by atoms with Crippen LogP contribution in [0.2, 0.25) is 0 Å². The summed E-state index contributed by atoms with van der Waals surface area (Å²) in [5.74, 6) is 0. The second kappa shape index (κ2) is 7.22. The SMILES string of the molecule is CC(C)NCCCOCc1cccc2cccnc12. The molecule has 3 nitrogen and oxygen atoms in total. The zero-order valence-corrected chi connectivity index (χ0v) is 11.7. The Morgan fingerprint density at radius 3 is 2.89 bits per heavy atom. The van der Waals surface area contributed by atoms with Crippen LogP contribution in [0.4, 0.5) is 0 Å². The third-order valence-electron chi connectivity index (χ3n) is 2.99. The van der Waals surface area contributed by atoms with Crippen molar-refractivity contribution in [1.29, 1.82) is 0 Å². The molecule has 0 bridgehead atoms. The monoisotopic (exact) mass is 258 g/mol. The molecule has 1 N–H and O–H groups in total. The molecule has 0 unspecified atom stereocenters. The minimum Gasteiger partial charge on any atom is -0.377 e. The normalized spacial score (nSPS) is 11.3. The molecule has 0 aliphatic rings. The number of nitrogens with zero attached hydrogens (tertiary/aromatic N) is 1. The summed E-state index contributed by atoms with van der Waals surface area (Å²) in [4.78, 5) is 4.43. The van der Waals surface area contributed by atoms with Crippen molar-refractivity contribution in [3.8, 4) is 0 Å². The lowest BCUT2D eigenvalue weighted by Crippen LogP contribution is -2.24. The van der Waals surface area contributed by atoms with E-state index in [4.69, 9.17) is 4.74 Å². The maximum atomic E-state index is 5.73. The highest BCUT2D eigenvalue weighted by atomic mass is 16.5. The number of ether oxygens (including phenoxy) is 1. The van der Waals surface area contributed by atoms with Gasteiger partial charge >= 0.3 is 0 Å². The van der Waals surface area contributed by atoms with E-state index in [1.54, 1.807) is 0 Å². The Hall–Kier alpha value is -1.45. The Labute approximate surface area is 115 Å². The van der Waals surface area contributed by atoms with Gasteiger partial charge in [0.1, 0.15) is 0 Å². The third-order valence-corrected chi connectivity index (χ3v) is 2.99. The first kappa shape index (κ1) is 14.0. The van der Waals surface area contributed by atoms with Crippen LogP contribution in [0.15, 0.2) is 36.5 Å². The summed E-state index contributed by atoms with van der Waals surface area (Å²) >= 11 is 0. The van der Waals surface area contributed by atoms with Gasteiger partial charge in [0.25, 0.3) is 0 Å². The van der Waals surface area contributed by atoms with Crippen LogP contribution in [-0.4, -0.2) is 24.2 Å². The number of aromatic nitrogens is 1. The number of fused-ring (bicyclic) bond motifs is 1. The fourth-order valence-corrected chi connectivity index (χ4v) is 2.03. The van der Waals surface area contributed by atoms with Gasteiger partial charge in [-0.1, -0.05) is 38.1 Å². The van der Waals surface area contributed by atoms with Gasteiger partial charge in [-0.15, -0.1) is 0 Å². The Balaban J connectivity index is 1.82. The van der Waals surface area contributed by atoms with E-state index in [9.17, 15) is 0 Å². The van der Waals surface area contributed by atoms with E-state index in [1.807, 2.05) is 12.3 Å². The number of nitrogens with one attached hydrogen (secondary N) is 1. The van der Waals surface area contributed by atoms with E-state index >= 15 is 0 Å². The topological polar surface area (TPSA) is 34.1 Å². The van der Waals surface area contributed by atoms with Gasteiger partial charge in [0, 0.05) is 29.8 Å². The van der Waals surface area contributed by atoms with Crippen LogP contribution < -0.4 is 5.32 Å². The first-order chi connectivity index (χ1) is 9.27. The van der Waals surface area contributed by atoms with Crippen LogP contribution in [0.5, 0.6) is 0 Å². The van der Waals surface area contributed by atoms with Crippen molar-refractivity contribution in [3.05, 3.63) is 42.1 Å². The lowest BCUT2D eigenvalue weighted by molar-refractivity contribution is 0.119. The second-order valence-corrected chi connectivity index (χ2v) is 5.01. The first-order valence-electron chi connectivity index (χ1n) is 6.91. The molecule has 0 aliphatic heterocycles. The molecule has 1 aromatic heterocycles. The Morgan fingerprint density at radius 2 is 2.05 bits per heavy atom. The molecule has 1 heterocycles. The summed E-state index contributed by atoms with van der Waals surface area (Å²) < 4.78 is 5.73. The van der Waals surface area contributed by atoms with E-state index in [-0.39, 0.29) is 0 Å². The number of hydrogen-bond donors (Lipinski definition) is 1. The summed E-state index contributed by atoms with van der Waals surface area (Å²) in [5, 5.41) is 4.55. The molecule has 1 aromatic carbocycles. The van der Waals surface area contributed by atoms with Gasteiger partial charge in [-0.25, -0.2) is 0 Å². The van der Waals surface area contributed by atoms with Crippen molar-refractivity contribution < 1.29 is 4.74 Å². The van der Waals surface area contributed by atoms with Crippen molar-refractivity contribution in [3.63, 3.8) is 0 Å². The molecule has 0 spiro atoms. The molecule has 0 atom stereocenters. The predicted octanol–water partition coefficient (Wildman–Crippen LogP) is 3.14. The maximum absolute atomic E-state index is 5.73. The van der Waals surface area contributed by atoms with Crippen molar-refractivity contribution in [1.82, 2.24) is 10.3 Å². The molecule has 2 rings (SSSR count). The molecule has 0 aliphatic carbocycles. The molecule has 3 heteroatoms. The van der Waals surface area contributed by atoms with Crippen molar-refractivity contribution in [2.24, 2.45) is 0 Å². The predicted molar refractivity (Wildman–Crippen MR) is 79.2 cm³/mol. The highest BCUT2D eigenvalue weighted by molar-refractivity contribution is 5.81. The summed E-state index contributed by atoms with van der Waals surface area (Å²) in [6.45, 7) is 6.73. The van der Waals surface area contributed by atoms with Gasteiger partial charge in [0.05, 0.1) is 12.1 Å². The minimum atomic E-state index is 0.544. The largest absolute Gasteiger partial charge is 0.377 e.